The van der Waals surface area contributed by atoms with Gasteiger partial charge >= 0.3 is 0 Å². The zero-order valence-corrected chi connectivity index (χ0v) is 23.6. The van der Waals surface area contributed by atoms with E-state index in [0.717, 1.165) is 46.9 Å². The van der Waals surface area contributed by atoms with Gasteiger partial charge in [-0.25, -0.2) is 0 Å². The van der Waals surface area contributed by atoms with Gasteiger partial charge in [-0.05, 0) is 106 Å². The summed E-state index contributed by atoms with van der Waals surface area (Å²) in [5, 5.41) is 3.63. The van der Waals surface area contributed by atoms with Crippen LogP contribution in [0, 0.1) is 0 Å². The third-order valence-electron chi connectivity index (χ3n) is 8.52. The highest BCUT2D eigenvalue weighted by Crippen LogP contribution is 2.50. The Bertz CT molecular complexity index is 1800. The second kappa shape index (κ2) is 9.98. The van der Waals surface area contributed by atoms with Crippen LogP contribution in [0.15, 0.2) is 145 Å². The van der Waals surface area contributed by atoms with Crippen molar-refractivity contribution < 1.29 is 4.74 Å². The number of nitrogens with one attached hydrogen (secondary N) is 1. The molecule has 0 saturated carbocycles. The first-order valence-corrected chi connectivity index (χ1v) is 14.3. The smallest absolute Gasteiger partial charge is 0.134 e. The summed E-state index contributed by atoms with van der Waals surface area (Å²) < 4.78 is 6.37. The Morgan fingerprint density at radius 3 is 2.24 bits per heavy atom. The summed E-state index contributed by atoms with van der Waals surface area (Å²) in [6.07, 6.45) is 12.3. The summed E-state index contributed by atoms with van der Waals surface area (Å²) in [4.78, 5) is 0. The van der Waals surface area contributed by atoms with Crippen LogP contribution >= 0.6 is 0 Å². The average molecular weight is 532 g/mol. The monoisotopic (exact) mass is 531 g/mol. The Morgan fingerprint density at radius 2 is 1.44 bits per heavy atom. The second-order valence-electron chi connectivity index (χ2n) is 11.5. The van der Waals surface area contributed by atoms with E-state index in [1.807, 2.05) is 12.2 Å². The SMILES string of the molecule is C=C1/C=C\C=C(\c2ccc(Nc3ccc4c(c3)C(C)(C)c3cc(-c5ccccc5)ccc3-4)cc2)OC2=C1CCC=C2. The van der Waals surface area contributed by atoms with Gasteiger partial charge in [0.1, 0.15) is 11.5 Å². The molecule has 4 aromatic rings. The van der Waals surface area contributed by atoms with Gasteiger partial charge < -0.3 is 10.1 Å². The maximum atomic E-state index is 6.37. The van der Waals surface area contributed by atoms with Gasteiger partial charge in [-0.3, -0.25) is 0 Å². The highest BCUT2D eigenvalue weighted by Gasteiger charge is 2.35. The lowest BCUT2D eigenvalue weighted by Crippen LogP contribution is -2.15. The molecule has 2 aliphatic carbocycles. The zero-order chi connectivity index (χ0) is 28.0. The minimum Gasteiger partial charge on any atom is -0.456 e. The largest absolute Gasteiger partial charge is 0.456 e. The van der Waals surface area contributed by atoms with E-state index < -0.39 is 0 Å². The van der Waals surface area contributed by atoms with Crippen LogP contribution in [0.5, 0.6) is 0 Å². The number of benzene rings is 4. The molecule has 41 heavy (non-hydrogen) atoms. The van der Waals surface area contributed by atoms with Crippen molar-refractivity contribution in [1.29, 1.82) is 0 Å². The van der Waals surface area contributed by atoms with Crippen LogP contribution in [0.1, 0.15) is 43.4 Å². The van der Waals surface area contributed by atoms with Crippen molar-refractivity contribution >= 4 is 17.1 Å². The molecule has 4 aromatic carbocycles. The van der Waals surface area contributed by atoms with E-state index >= 15 is 0 Å². The number of hydrogen-bond donors (Lipinski definition) is 1. The Labute approximate surface area is 242 Å². The molecule has 1 heterocycles. The first kappa shape index (κ1) is 25.2. The van der Waals surface area contributed by atoms with E-state index in [-0.39, 0.29) is 5.41 Å². The lowest BCUT2D eigenvalue weighted by atomic mass is 9.81. The summed E-state index contributed by atoms with van der Waals surface area (Å²) in [6, 6.07) is 32.8. The molecule has 0 radical (unpaired) electrons. The normalized spacial score (nSPS) is 18.7. The highest BCUT2D eigenvalue weighted by molar-refractivity contribution is 5.85. The first-order chi connectivity index (χ1) is 20.0. The molecule has 0 spiro atoms. The summed E-state index contributed by atoms with van der Waals surface area (Å²) >= 11 is 0. The lowest BCUT2D eigenvalue weighted by Gasteiger charge is -2.23. The predicted octanol–water partition coefficient (Wildman–Crippen LogP) is 10.5. The van der Waals surface area contributed by atoms with Crippen molar-refractivity contribution in [3.63, 3.8) is 0 Å². The number of fused-ring (bicyclic) bond motifs is 3. The molecular formula is C39H33NO. The molecule has 0 amide bonds. The fourth-order valence-electron chi connectivity index (χ4n) is 6.23. The van der Waals surface area contributed by atoms with Crippen LogP contribution in [0.2, 0.25) is 0 Å². The van der Waals surface area contributed by atoms with Gasteiger partial charge in [0.05, 0.1) is 0 Å². The highest BCUT2D eigenvalue weighted by atomic mass is 16.5. The predicted molar refractivity (Wildman–Crippen MR) is 172 cm³/mol. The molecule has 0 saturated heterocycles. The molecule has 200 valence electrons. The number of allylic oxidation sites excluding steroid dienone is 7. The van der Waals surface area contributed by atoms with Gasteiger partial charge in [-0.1, -0.05) is 87.2 Å². The van der Waals surface area contributed by atoms with E-state index in [0.29, 0.717) is 0 Å². The van der Waals surface area contributed by atoms with Crippen LogP contribution in [0.4, 0.5) is 11.4 Å². The van der Waals surface area contributed by atoms with Crippen LogP contribution in [-0.4, -0.2) is 0 Å². The number of ether oxygens (including phenoxy) is 1. The zero-order valence-electron chi connectivity index (χ0n) is 23.6. The molecule has 1 N–H and O–H groups in total. The molecule has 1 aliphatic heterocycles. The van der Waals surface area contributed by atoms with Gasteiger partial charge in [0.25, 0.3) is 0 Å². The maximum Gasteiger partial charge on any atom is 0.134 e. The summed E-state index contributed by atoms with van der Waals surface area (Å²) in [5.74, 6) is 1.74. The molecule has 0 bridgehead atoms. The van der Waals surface area contributed by atoms with Crippen molar-refractivity contribution in [3.05, 3.63) is 162 Å². The fourth-order valence-corrected chi connectivity index (χ4v) is 6.23. The third-order valence-corrected chi connectivity index (χ3v) is 8.52. The molecule has 0 fully saturated rings. The van der Waals surface area contributed by atoms with Crippen LogP contribution < -0.4 is 5.32 Å². The Kier molecular flexibility index (Phi) is 6.12. The Hall–Kier alpha value is -4.82. The quantitative estimate of drug-likeness (QED) is 0.283. The Balaban J connectivity index is 1.13. The van der Waals surface area contributed by atoms with Crippen LogP contribution in [0.25, 0.3) is 28.0 Å². The molecule has 7 rings (SSSR count). The van der Waals surface area contributed by atoms with Crippen LogP contribution in [0.3, 0.4) is 0 Å². The molecular weight excluding hydrogens is 498 g/mol. The van der Waals surface area contributed by atoms with E-state index in [9.17, 15) is 0 Å². The average Bonchev–Trinajstić information content (AvgIpc) is 3.22. The maximum absolute atomic E-state index is 6.37. The van der Waals surface area contributed by atoms with Crippen molar-refractivity contribution in [2.75, 3.05) is 5.32 Å². The van der Waals surface area contributed by atoms with Gasteiger partial charge in [0.2, 0.25) is 0 Å². The Morgan fingerprint density at radius 1 is 0.732 bits per heavy atom. The number of hydrogen-bond acceptors (Lipinski definition) is 2. The molecule has 2 heteroatoms. The van der Waals surface area contributed by atoms with Crippen molar-refractivity contribution in [3.8, 4) is 22.3 Å². The van der Waals surface area contributed by atoms with Crippen LogP contribution in [-0.2, 0) is 10.2 Å². The molecule has 2 nitrogen and oxygen atoms in total. The van der Waals surface area contributed by atoms with E-state index in [4.69, 9.17) is 4.74 Å². The molecule has 0 atom stereocenters. The van der Waals surface area contributed by atoms with Gasteiger partial charge in [-0.15, -0.1) is 0 Å². The van der Waals surface area contributed by atoms with Crippen molar-refractivity contribution in [2.24, 2.45) is 0 Å². The lowest BCUT2D eigenvalue weighted by molar-refractivity contribution is 0.391. The van der Waals surface area contributed by atoms with Crippen molar-refractivity contribution in [2.45, 2.75) is 32.1 Å². The molecule has 0 unspecified atom stereocenters. The number of rotatable bonds is 4. The van der Waals surface area contributed by atoms with E-state index in [1.54, 1.807) is 0 Å². The standard InChI is InChI=1S/C39H33NO/c1-26-10-9-15-37(41-38-14-8-7-13-32(26)38)28-16-19-30(20-17-28)40-31-21-23-34-33-22-18-29(27-11-5-4-6-12-27)24-35(33)39(2,3)36(34)25-31/h4-6,8-12,14-25,40H,1,7,13H2,2-3H3/b10-9-,37-15-. The summed E-state index contributed by atoms with van der Waals surface area (Å²) in [7, 11) is 0. The van der Waals surface area contributed by atoms with Gasteiger partial charge in [0.15, 0.2) is 0 Å². The molecule has 0 aromatic heterocycles. The van der Waals surface area contributed by atoms with E-state index in [1.165, 1.54) is 39.0 Å². The number of anilines is 2. The van der Waals surface area contributed by atoms with Gasteiger partial charge in [-0.2, -0.15) is 0 Å². The van der Waals surface area contributed by atoms with Crippen molar-refractivity contribution in [1.82, 2.24) is 0 Å². The van der Waals surface area contributed by atoms with Gasteiger partial charge in [0, 0.05) is 27.9 Å². The third kappa shape index (κ3) is 4.56. The summed E-state index contributed by atoms with van der Waals surface area (Å²) in [5.41, 5.74) is 13.2. The first-order valence-electron chi connectivity index (χ1n) is 14.3. The molecule has 3 aliphatic rings. The summed E-state index contributed by atoms with van der Waals surface area (Å²) in [6.45, 7) is 8.88. The van der Waals surface area contributed by atoms with E-state index in [2.05, 4.69) is 135 Å². The fraction of sp³-hybridized carbons (Fsp3) is 0.128. The minimum absolute atomic E-state index is 0.0844. The minimum atomic E-state index is -0.0844. The topological polar surface area (TPSA) is 21.3 Å². The second-order valence-corrected chi connectivity index (χ2v) is 11.5.